The zero-order chi connectivity index (χ0) is 10.4. The zero-order valence-electron chi connectivity index (χ0n) is 8.87. The fraction of sp³-hybridized carbons (Fsp3) is 0.600. The highest BCUT2D eigenvalue weighted by Crippen LogP contribution is 2.30. The van der Waals surface area contributed by atoms with E-state index in [1.54, 1.807) is 18.4 Å². The predicted molar refractivity (Wildman–Crippen MR) is 59.2 cm³/mol. The molecule has 0 aromatic carbocycles. The van der Waals surface area contributed by atoms with Crippen LogP contribution in [0.15, 0.2) is 11.4 Å². The van der Waals surface area contributed by atoms with E-state index >= 15 is 0 Å². The summed E-state index contributed by atoms with van der Waals surface area (Å²) in [5.74, 6) is 0.939. The first-order valence-corrected chi connectivity index (χ1v) is 5.57. The average molecular weight is 215 g/mol. The van der Waals surface area contributed by atoms with Gasteiger partial charge in [0.25, 0.3) is 0 Å². The van der Waals surface area contributed by atoms with Crippen LogP contribution in [0.2, 0.25) is 0 Å². The number of ether oxygens (including phenoxy) is 2. The lowest BCUT2D eigenvalue weighted by Gasteiger charge is -2.15. The number of hydrogen-bond donors (Lipinski definition) is 1. The van der Waals surface area contributed by atoms with E-state index in [4.69, 9.17) is 9.47 Å². The fourth-order valence-corrected chi connectivity index (χ4v) is 2.21. The van der Waals surface area contributed by atoms with E-state index in [2.05, 4.69) is 5.32 Å². The number of rotatable bonds is 6. The molecule has 1 aromatic heterocycles. The Labute approximate surface area is 89.0 Å². The molecule has 1 N–H and O–H groups in total. The summed E-state index contributed by atoms with van der Waals surface area (Å²) < 4.78 is 10.7. The van der Waals surface area contributed by atoms with Gasteiger partial charge in [0.2, 0.25) is 0 Å². The van der Waals surface area contributed by atoms with Gasteiger partial charge in [-0.3, -0.25) is 0 Å². The van der Waals surface area contributed by atoms with Crippen molar-refractivity contribution in [2.75, 3.05) is 27.4 Å². The second-order valence-electron chi connectivity index (χ2n) is 2.85. The smallest absolute Gasteiger partial charge is 0.134 e. The molecular weight excluding hydrogens is 198 g/mol. The van der Waals surface area contributed by atoms with Gasteiger partial charge in [0.15, 0.2) is 0 Å². The van der Waals surface area contributed by atoms with Crippen molar-refractivity contribution >= 4 is 11.3 Å². The van der Waals surface area contributed by atoms with Gasteiger partial charge in [-0.25, -0.2) is 0 Å². The van der Waals surface area contributed by atoms with E-state index in [-0.39, 0.29) is 6.04 Å². The second kappa shape index (κ2) is 6.01. The van der Waals surface area contributed by atoms with Crippen molar-refractivity contribution in [3.05, 3.63) is 16.3 Å². The van der Waals surface area contributed by atoms with Crippen LogP contribution in [0, 0.1) is 0 Å². The normalized spacial score (nSPS) is 12.8. The SMILES string of the molecule is CCOCC(NC)c1sccc1OC. The molecule has 1 rings (SSSR count). The van der Waals surface area contributed by atoms with Crippen molar-refractivity contribution in [1.29, 1.82) is 0 Å². The molecule has 1 atom stereocenters. The van der Waals surface area contributed by atoms with Crippen molar-refractivity contribution in [2.24, 2.45) is 0 Å². The summed E-state index contributed by atoms with van der Waals surface area (Å²) in [5, 5.41) is 5.25. The van der Waals surface area contributed by atoms with Crippen LogP contribution in [0.3, 0.4) is 0 Å². The molecular formula is C10H17NO2S. The Morgan fingerprint density at radius 2 is 2.36 bits per heavy atom. The third kappa shape index (κ3) is 2.70. The number of methoxy groups -OCH3 is 1. The van der Waals surface area contributed by atoms with Gasteiger partial charge in [-0.2, -0.15) is 0 Å². The molecule has 1 heterocycles. The molecule has 4 heteroatoms. The van der Waals surface area contributed by atoms with E-state index in [1.807, 2.05) is 25.4 Å². The van der Waals surface area contributed by atoms with Crippen LogP contribution >= 0.6 is 11.3 Å². The topological polar surface area (TPSA) is 30.5 Å². The molecule has 0 aliphatic carbocycles. The molecule has 0 spiro atoms. The molecule has 0 saturated carbocycles. The highest BCUT2D eigenvalue weighted by molar-refractivity contribution is 7.10. The van der Waals surface area contributed by atoms with Crippen LogP contribution in [0.4, 0.5) is 0 Å². The maximum atomic E-state index is 5.40. The van der Waals surface area contributed by atoms with Crippen LogP contribution in [0.1, 0.15) is 17.8 Å². The van der Waals surface area contributed by atoms with Gasteiger partial charge in [-0.05, 0) is 25.4 Å². The van der Waals surface area contributed by atoms with Crippen LogP contribution in [0.25, 0.3) is 0 Å². The number of hydrogen-bond acceptors (Lipinski definition) is 4. The number of nitrogens with one attached hydrogen (secondary N) is 1. The molecule has 0 aliphatic rings. The molecule has 0 radical (unpaired) electrons. The molecule has 0 saturated heterocycles. The average Bonchev–Trinajstić information content (AvgIpc) is 2.67. The maximum Gasteiger partial charge on any atom is 0.134 e. The molecule has 14 heavy (non-hydrogen) atoms. The molecule has 0 fully saturated rings. The van der Waals surface area contributed by atoms with Crippen molar-refractivity contribution in [3.8, 4) is 5.75 Å². The van der Waals surface area contributed by atoms with Crippen molar-refractivity contribution in [3.63, 3.8) is 0 Å². The van der Waals surface area contributed by atoms with Crippen molar-refractivity contribution < 1.29 is 9.47 Å². The van der Waals surface area contributed by atoms with Crippen LogP contribution in [-0.2, 0) is 4.74 Å². The van der Waals surface area contributed by atoms with Crippen molar-refractivity contribution in [1.82, 2.24) is 5.32 Å². The molecule has 1 unspecified atom stereocenters. The largest absolute Gasteiger partial charge is 0.496 e. The van der Waals surface area contributed by atoms with Crippen LogP contribution in [0.5, 0.6) is 5.75 Å². The van der Waals surface area contributed by atoms with Gasteiger partial charge in [0, 0.05) is 6.61 Å². The predicted octanol–water partition coefficient (Wildman–Crippen LogP) is 2.05. The maximum absolute atomic E-state index is 5.40. The van der Waals surface area contributed by atoms with Gasteiger partial charge in [-0.15, -0.1) is 11.3 Å². The van der Waals surface area contributed by atoms with Gasteiger partial charge < -0.3 is 14.8 Å². The third-order valence-corrected chi connectivity index (χ3v) is 3.04. The summed E-state index contributed by atoms with van der Waals surface area (Å²) in [6, 6.07) is 2.21. The van der Waals surface area contributed by atoms with Crippen LogP contribution in [-0.4, -0.2) is 27.4 Å². The highest BCUT2D eigenvalue weighted by atomic mass is 32.1. The lowest BCUT2D eigenvalue weighted by molar-refractivity contribution is 0.125. The molecule has 0 amide bonds. The van der Waals surface area contributed by atoms with Crippen molar-refractivity contribution in [2.45, 2.75) is 13.0 Å². The first-order valence-electron chi connectivity index (χ1n) is 4.69. The van der Waals surface area contributed by atoms with Gasteiger partial charge >= 0.3 is 0 Å². The number of thiophene rings is 1. The van der Waals surface area contributed by atoms with Gasteiger partial charge in [0.05, 0.1) is 24.6 Å². The highest BCUT2D eigenvalue weighted by Gasteiger charge is 2.15. The Balaban J connectivity index is 2.67. The molecule has 0 aliphatic heterocycles. The summed E-state index contributed by atoms with van der Waals surface area (Å²) in [6.45, 7) is 3.42. The Morgan fingerprint density at radius 1 is 1.57 bits per heavy atom. The van der Waals surface area contributed by atoms with E-state index in [0.717, 1.165) is 12.4 Å². The third-order valence-electron chi connectivity index (χ3n) is 2.03. The summed E-state index contributed by atoms with van der Waals surface area (Å²) >= 11 is 1.69. The summed E-state index contributed by atoms with van der Waals surface area (Å²) in [4.78, 5) is 1.20. The second-order valence-corrected chi connectivity index (χ2v) is 3.80. The summed E-state index contributed by atoms with van der Waals surface area (Å²) in [5.41, 5.74) is 0. The quantitative estimate of drug-likeness (QED) is 0.788. The van der Waals surface area contributed by atoms with Crippen LogP contribution < -0.4 is 10.1 Å². The van der Waals surface area contributed by atoms with E-state index in [9.17, 15) is 0 Å². The zero-order valence-corrected chi connectivity index (χ0v) is 9.69. The van der Waals surface area contributed by atoms with E-state index in [0.29, 0.717) is 6.61 Å². The lowest BCUT2D eigenvalue weighted by atomic mass is 10.2. The Kier molecular flexibility index (Phi) is 4.93. The molecule has 0 bridgehead atoms. The Bertz CT molecular complexity index is 262. The van der Waals surface area contributed by atoms with E-state index < -0.39 is 0 Å². The molecule has 80 valence electrons. The fourth-order valence-electron chi connectivity index (χ4n) is 1.26. The Hall–Kier alpha value is -0.580. The molecule has 3 nitrogen and oxygen atoms in total. The number of likely N-dealkylation sites (N-methyl/N-ethyl adjacent to an activating group) is 1. The first kappa shape index (κ1) is 11.5. The van der Waals surface area contributed by atoms with Gasteiger partial charge in [-0.1, -0.05) is 0 Å². The standard InChI is InChI=1S/C10H17NO2S/c1-4-13-7-8(11-2)10-9(12-3)5-6-14-10/h5-6,8,11H,4,7H2,1-3H3. The minimum Gasteiger partial charge on any atom is -0.496 e. The van der Waals surface area contributed by atoms with E-state index in [1.165, 1.54) is 4.88 Å². The lowest BCUT2D eigenvalue weighted by Crippen LogP contribution is -2.21. The first-order chi connectivity index (χ1) is 6.83. The summed E-state index contributed by atoms with van der Waals surface area (Å²) in [7, 11) is 3.63. The minimum atomic E-state index is 0.227. The van der Waals surface area contributed by atoms with Gasteiger partial charge in [0.1, 0.15) is 5.75 Å². The summed E-state index contributed by atoms with van der Waals surface area (Å²) in [6.07, 6.45) is 0. The molecule has 1 aromatic rings. The Morgan fingerprint density at radius 3 is 2.93 bits per heavy atom. The minimum absolute atomic E-state index is 0.227. The monoisotopic (exact) mass is 215 g/mol.